The number of para-hydroxylation sites is 1. The topological polar surface area (TPSA) is 26.7 Å². The van der Waals surface area contributed by atoms with Crippen molar-refractivity contribution in [3.63, 3.8) is 0 Å². The van der Waals surface area contributed by atoms with E-state index in [4.69, 9.17) is 0 Å². The van der Waals surface area contributed by atoms with Crippen LogP contribution in [-0.4, -0.2) is 42.8 Å². The Labute approximate surface area is 138 Å². The zero-order valence-corrected chi connectivity index (χ0v) is 13.7. The smallest absolute Gasteiger partial charge is 0.0675 e. The molecule has 0 saturated carbocycles. The molecule has 2 aromatic carbocycles. The molecule has 1 N–H and O–H groups in total. The Kier molecular flexibility index (Phi) is 3.83. The van der Waals surface area contributed by atoms with E-state index < -0.39 is 0 Å². The Morgan fingerprint density at radius 1 is 1.00 bits per heavy atom. The lowest BCUT2D eigenvalue weighted by Crippen LogP contribution is -2.54. The molecule has 2 aromatic rings. The average molecular weight is 308 g/mol. The summed E-state index contributed by atoms with van der Waals surface area (Å²) in [6, 6.07) is 18.4. The number of anilines is 1. The number of aliphatic hydroxyl groups excluding tert-OH is 1. The highest BCUT2D eigenvalue weighted by atomic mass is 16.3. The molecule has 0 radical (unpaired) electrons. The van der Waals surface area contributed by atoms with E-state index in [2.05, 4.69) is 65.4 Å². The van der Waals surface area contributed by atoms with Crippen molar-refractivity contribution in [3.8, 4) is 0 Å². The maximum Gasteiger partial charge on any atom is 0.0675 e. The summed E-state index contributed by atoms with van der Waals surface area (Å²) in [4.78, 5) is 4.99. The quantitative estimate of drug-likeness (QED) is 0.924. The lowest BCUT2D eigenvalue weighted by atomic mass is 9.94. The second-order valence-electron chi connectivity index (χ2n) is 6.81. The molecule has 0 aromatic heterocycles. The van der Waals surface area contributed by atoms with Gasteiger partial charge < -0.3 is 14.9 Å². The molecule has 0 bridgehead atoms. The summed E-state index contributed by atoms with van der Waals surface area (Å²) < 4.78 is 0. The Balaban J connectivity index is 1.89. The molecule has 1 saturated heterocycles. The molecule has 2 aliphatic rings. The van der Waals surface area contributed by atoms with Gasteiger partial charge >= 0.3 is 0 Å². The van der Waals surface area contributed by atoms with Crippen LogP contribution in [0.25, 0.3) is 0 Å². The Morgan fingerprint density at radius 3 is 2.57 bits per heavy atom. The predicted molar refractivity (Wildman–Crippen MR) is 93.9 cm³/mol. The van der Waals surface area contributed by atoms with Crippen molar-refractivity contribution >= 4 is 5.69 Å². The normalized spacial score (nSPS) is 23.7. The highest BCUT2D eigenvalue weighted by Gasteiger charge is 2.37. The summed E-state index contributed by atoms with van der Waals surface area (Å²) in [5.41, 5.74) is 5.62. The number of benzene rings is 2. The number of hydrogen-bond acceptors (Lipinski definition) is 3. The lowest BCUT2D eigenvalue weighted by molar-refractivity contribution is 0.193. The van der Waals surface area contributed by atoms with Crippen LogP contribution in [0.4, 0.5) is 5.69 Å². The molecule has 3 heteroatoms. The Morgan fingerprint density at radius 2 is 1.74 bits per heavy atom. The first-order valence-corrected chi connectivity index (χ1v) is 8.51. The number of piperazine rings is 1. The van der Waals surface area contributed by atoms with Crippen molar-refractivity contribution in [2.45, 2.75) is 24.9 Å². The molecule has 0 aliphatic carbocycles. The van der Waals surface area contributed by atoms with Crippen molar-refractivity contribution in [1.29, 1.82) is 0 Å². The van der Waals surface area contributed by atoms with Gasteiger partial charge in [0.1, 0.15) is 0 Å². The molecule has 2 heterocycles. The van der Waals surface area contributed by atoms with Gasteiger partial charge in [-0.15, -0.1) is 0 Å². The molecule has 2 atom stereocenters. The maximum absolute atomic E-state index is 9.56. The highest BCUT2D eigenvalue weighted by molar-refractivity contribution is 5.61. The van der Waals surface area contributed by atoms with E-state index in [1.807, 2.05) is 0 Å². The zero-order chi connectivity index (χ0) is 15.8. The summed E-state index contributed by atoms with van der Waals surface area (Å²) >= 11 is 0. The fourth-order valence-corrected chi connectivity index (χ4v) is 4.29. The van der Waals surface area contributed by atoms with Gasteiger partial charge in [-0.25, -0.2) is 0 Å². The van der Waals surface area contributed by atoms with Gasteiger partial charge in [-0.05, 0) is 42.6 Å². The maximum atomic E-state index is 9.56. The number of rotatable bonds is 2. The van der Waals surface area contributed by atoms with Gasteiger partial charge in [-0.3, -0.25) is 0 Å². The van der Waals surface area contributed by atoms with E-state index in [9.17, 15) is 5.11 Å². The molecule has 1 fully saturated rings. The van der Waals surface area contributed by atoms with Gasteiger partial charge in [0.05, 0.1) is 6.04 Å². The summed E-state index contributed by atoms with van der Waals surface area (Å²) in [7, 11) is 2.20. The third-order valence-corrected chi connectivity index (χ3v) is 5.26. The number of nitrogens with zero attached hydrogens (tertiary/aromatic N) is 2. The van der Waals surface area contributed by atoms with Gasteiger partial charge in [0.25, 0.3) is 0 Å². The van der Waals surface area contributed by atoms with Crippen LogP contribution in [0.3, 0.4) is 0 Å². The van der Waals surface area contributed by atoms with Crippen LogP contribution in [0.5, 0.6) is 0 Å². The molecule has 3 nitrogen and oxygen atoms in total. The first kappa shape index (κ1) is 14.7. The van der Waals surface area contributed by atoms with Gasteiger partial charge in [0, 0.05) is 31.4 Å². The van der Waals surface area contributed by atoms with E-state index >= 15 is 0 Å². The summed E-state index contributed by atoms with van der Waals surface area (Å²) in [5.74, 6) is 0. The van der Waals surface area contributed by atoms with E-state index in [-0.39, 0.29) is 6.61 Å². The molecule has 2 unspecified atom stereocenters. The van der Waals surface area contributed by atoms with Crippen molar-refractivity contribution in [1.82, 2.24) is 4.90 Å². The second kappa shape index (κ2) is 5.99. The van der Waals surface area contributed by atoms with Gasteiger partial charge in [-0.1, -0.05) is 42.5 Å². The summed E-state index contributed by atoms with van der Waals surface area (Å²) in [5, 5.41) is 9.56. The molecule has 2 aliphatic heterocycles. The van der Waals surface area contributed by atoms with Crippen LogP contribution in [0.1, 0.15) is 29.2 Å². The van der Waals surface area contributed by atoms with E-state index in [0.717, 1.165) is 25.9 Å². The fraction of sp³-hybridized carbons (Fsp3) is 0.400. The minimum atomic E-state index is 0.242. The molecular weight excluding hydrogens is 284 g/mol. The third-order valence-electron chi connectivity index (χ3n) is 5.26. The minimum Gasteiger partial charge on any atom is -0.396 e. The standard InChI is InChI=1S/C20H24N2O/c1-21-13-17(10-11-23)22-19-9-5-3-7-16(19)12-15-6-2-4-8-18(15)20(22)14-21/h2-9,17,20,23H,10-14H2,1H3. The first-order valence-electron chi connectivity index (χ1n) is 8.51. The molecular formula is C20H24N2O. The minimum absolute atomic E-state index is 0.242. The monoisotopic (exact) mass is 308 g/mol. The number of likely N-dealkylation sites (N-methyl/N-ethyl adjacent to an activating group) is 1. The van der Waals surface area contributed by atoms with Crippen LogP contribution >= 0.6 is 0 Å². The average Bonchev–Trinajstić information content (AvgIpc) is 2.69. The fourth-order valence-electron chi connectivity index (χ4n) is 4.29. The molecule has 0 spiro atoms. The number of fused-ring (bicyclic) bond motifs is 5. The van der Waals surface area contributed by atoms with Crippen molar-refractivity contribution in [2.24, 2.45) is 0 Å². The Hall–Kier alpha value is -1.84. The number of hydrogen-bond donors (Lipinski definition) is 1. The van der Waals surface area contributed by atoms with Crippen LogP contribution in [0.2, 0.25) is 0 Å². The van der Waals surface area contributed by atoms with Crippen molar-refractivity contribution in [2.75, 3.05) is 31.6 Å². The second-order valence-corrected chi connectivity index (χ2v) is 6.81. The molecule has 0 amide bonds. The van der Waals surface area contributed by atoms with E-state index in [1.165, 1.54) is 22.4 Å². The first-order chi connectivity index (χ1) is 11.3. The molecule has 4 rings (SSSR count). The Bertz CT molecular complexity index is 700. The largest absolute Gasteiger partial charge is 0.396 e. The third kappa shape index (κ3) is 2.54. The van der Waals surface area contributed by atoms with Crippen LogP contribution in [0, 0.1) is 0 Å². The summed E-state index contributed by atoms with van der Waals surface area (Å²) in [6.07, 6.45) is 1.81. The van der Waals surface area contributed by atoms with Gasteiger partial charge in [0.2, 0.25) is 0 Å². The lowest BCUT2D eigenvalue weighted by Gasteiger charge is -2.47. The summed E-state index contributed by atoms with van der Waals surface area (Å²) in [6.45, 7) is 2.28. The van der Waals surface area contributed by atoms with Crippen molar-refractivity contribution < 1.29 is 5.11 Å². The highest BCUT2D eigenvalue weighted by Crippen LogP contribution is 2.41. The predicted octanol–water partition coefficient (Wildman–Crippen LogP) is 2.83. The zero-order valence-electron chi connectivity index (χ0n) is 13.7. The van der Waals surface area contributed by atoms with Gasteiger partial charge in [0.15, 0.2) is 0 Å². The van der Waals surface area contributed by atoms with Gasteiger partial charge in [-0.2, -0.15) is 0 Å². The van der Waals surface area contributed by atoms with E-state index in [1.54, 1.807) is 0 Å². The van der Waals surface area contributed by atoms with Crippen LogP contribution in [0.15, 0.2) is 48.5 Å². The number of aliphatic hydroxyl groups is 1. The van der Waals surface area contributed by atoms with E-state index in [0.29, 0.717) is 12.1 Å². The van der Waals surface area contributed by atoms with Crippen LogP contribution in [-0.2, 0) is 6.42 Å². The van der Waals surface area contributed by atoms with Crippen molar-refractivity contribution in [3.05, 3.63) is 65.2 Å². The molecule has 120 valence electrons. The van der Waals surface area contributed by atoms with Crippen LogP contribution < -0.4 is 4.90 Å². The molecule has 23 heavy (non-hydrogen) atoms. The SMILES string of the molecule is CN1CC(CCO)N2c3ccccc3Cc3ccccc3C2C1.